The molecule has 0 atom stereocenters. The van der Waals surface area contributed by atoms with Crippen molar-refractivity contribution in [3.05, 3.63) is 77.4 Å². The van der Waals surface area contributed by atoms with E-state index in [1.807, 2.05) is 42.5 Å². The first-order chi connectivity index (χ1) is 11.5. The molecule has 0 spiro atoms. The number of hydrogen-bond donors (Lipinski definition) is 3. The van der Waals surface area contributed by atoms with Crippen LogP contribution in [-0.4, -0.2) is 17.0 Å². The second-order valence-electron chi connectivity index (χ2n) is 4.77. The molecule has 6 heteroatoms. The first kappa shape index (κ1) is 19.1. The molecule has 0 aromatic heterocycles. The van der Waals surface area contributed by atoms with Crippen LogP contribution in [0.3, 0.4) is 0 Å². The Balaban J connectivity index is 0.000000240. The third-order valence-electron chi connectivity index (χ3n) is 2.94. The lowest BCUT2D eigenvalue weighted by molar-refractivity contribution is -0.138. The number of carbonyl (C=O) groups excluding carboxylic acids is 1. The SMILES string of the molecule is NCc1ccc(CC(=O)O)cc1.NOC(=O)C=Cc1ccccc1. The fourth-order valence-electron chi connectivity index (χ4n) is 1.74. The molecule has 0 fully saturated rings. The topological polar surface area (TPSA) is 116 Å². The molecule has 0 saturated carbocycles. The van der Waals surface area contributed by atoms with Crippen LogP contribution in [0.5, 0.6) is 0 Å². The summed E-state index contributed by atoms with van der Waals surface area (Å²) in [6.07, 6.45) is 2.98. The molecule has 126 valence electrons. The Hall–Kier alpha value is -2.96. The van der Waals surface area contributed by atoms with E-state index in [-0.39, 0.29) is 6.42 Å². The molecular weight excluding hydrogens is 308 g/mol. The molecule has 0 aliphatic rings. The fourth-order valence-corrected chi connectivity index (χ4v) is 1.74. The number of carboxylic acid groups (broad SMARTS) is 1. The number of hydrogen-bond acceptors (Lipinski definition) is 5. The zero-order valence-electron chi connectivity index (χ0n) is 13.1. The number of aliphatic carboxylic acids is 1. The lowest BCUT2D eigenvalue weighted by atomic mass is 10.1. The molecule has 5 N–H and O–H groups in total. The van der Waals surface area contributed by atoms with E-state index in [1.165, 1.54) is 6.08 Å². The van der Waals surface area contributed by atoms with Crippen molar-refractivity contribution in [2.45, 2.75) is 13.0 Å². The molecule has 0 bridgehead atoms. The van der Waals surface area contributed by atoms with E-state index in [0.29, 0.717) is 6.54 Å². The minimum Gasteiger partial charge on any atom is -0.481 e. The maximum Gasteiger partial charge on any atom is 0.349 e. The van der Waals surface area contributed by atoms with Gasteiger partial charge in [-0.25, -0.2) is 4.79 Å². The molecule has 0 heterocycles. The highest BCUT2D eigenvalue weighted by molar-refractivity contribution is 5.86. The van der Waals surface area contributed by atoms with Gasteiger partial charge in [-0.1, -0.05) is 54.6 Å². The molecule has 0 aliphatic heterocycles. The van der Waals surface area contributed by atoms with E-state index in [4.69, 9.17) is 10.8 Å². The number of carbonyl (C=O) groups is 2. The molecule has 0 amide bonds. The Kier molecular flexibility index (Phi) is 8.52. The lowest BCUT2D eigenvalue weighted by Crippen LogP contribution is -2.05. The van der Waals surface area contributed by atoms with Gasteiger partial charge in [0.05, 0.1) is 6.42 Å². The third kappa shape index (κ3) is 7.88. The first-order valence-corrected chi connectivity index (χ1v) is 7.18. The second kappa shape index (κ2) is 10.7. The number of rotatable bonds is 5. The van der Waals surface area contributed by atoms with Gasteiger partial charge in [0.1, 0.15) is 0 Å². The van der Waals surface area contributed by atoms with Gasteiger partial charge in [-0.05, 0) is 22.8 Å². The molecule has 6 nitrogen and oxygen atoms in total. The monoisotopic (exact) mass is 328 g/mol. The van der Waals surface area contributed by atoms with Crippen LogP contribution >= 0.6 is 0 Å². The molecule has 2 rings (SSSR count). The molecule has 2 aromatic rings. The van der Waals surface area contributed by atoms with Crippen LogP contribution in [0.15, 0.2) is 60.7 Å². The van der Waals surface area contributed by atoms with Gasteiger partial charge in [0.15, 0.2) is 0 Å². The van der Waals surface area contributed by atoms with Crippen LogP contribution in [0.25, 0.3) is 6.08 Å². The van der Waals surface area contributed by atoms with Gasteiger partial charge in [-0.15, -0.1) is 0 Å². The molecule has 24 heavy (non-hydrogen) atoms. The Bertz CT molecular complexity index is 667. The summed E-state index contributed by atoms with van der Waals surface area (Å²) in [7, 11) is 0. The molecular formula is C18H20N2O4. The van der Waals surface area contributed by atoms with E-state index >= 15 is 0 Å². The van der Waals surface area contributed by atoms with Crippen LogP contribution in [0.2, 0.25) is 0 Å². The van der Waals surface area contributed by atoms with Gasteiger partial charge in [0, 0.05) is 12.6 Å². The van der Waals surface area contributed by atoms with Crippen LogP contribution in [0, 0.1) is 0 Å². The highest BCUT2D eigenvalue weighted by Crippen LogP contribution is 2.04. The highest BCUT2D eigenvalue weighted by Gasteiger charge is 1.98. The van der Waals surface area contributed by atoms with Gasteiger partial charge in [0.2, 0.25) is 0 Å². The van der Waals surface area contributed by atoms with Gasteiger partial charge in [-0.3, -0.25) is 4.79 Å². The van der Waals surface area contributed by atoms with Crippen molar-refractivity contribution in [1.82, 2.24) is 0 Å². The van der Waals surface area contributed by atoms with Crippen molar-refractivity contribution in [3.63, 3.8) is 0 Å². The summed E-state index contributed by atoms with van der Waals surface area (Å²) >= 11 is 0. The normalized spacial score (nSPS) is 9.92. The van der Waals surface area contributed by atoms with E-state index in [9.17, 15) is 9.59 Å². The zero-order valence-corrected chi connectivity index (χ0v) is 13.1. The van der Waals surface area contributed by atoms with Crippen LogP contribution < -0.4 is 11.6 Å². The quantitative estimate of drug-likeness (QED) is 0.570. The number of benzene rings is 2. The minimum atomic E-state index is -0.810. The summed E-state index contributed by atoms with van der Waals surface area (Å²) in [5, 5.41) is 8.47. The van der Waals surface area contributed by atoms with Crippen molar-refractivity contribution in [3.8, 4) is 0 Å². The molecule has 0 unspecified atom stereocenters. The van der Waals surface area contributed by atoms with Crippen molar-refractivity contribution in [2.24, 2.45) is 11.6 Å². The molecule has 0 radical (unpaired) electrons. The summed E-state index contributed by atoms with van der Waals surface area (Å²) in [4.78, 5) is 24.8. The van der Waals surface area contributed by atoms with Gasteiger partial charge in [0.25, 0.3) is 0 Å². The van der Waals surface area contributed by atoms with Gasteiger partial charge in [-0.2, -0.15) is 5.90 Å². The average molecular weight is 328 g/mol. The standard InChI is InChI=1S/C9H11NO2.C9H9NO2/c10-6-8-3-1-7(2-4-8)5-9(11)12;10-12-9(11)7-6-8-4-2-1-3-5-8/h1-4H,5-6,10H2,(H,11,12);1-7H,10H2. The summed E-state index contributed by atoms with van der Waals surface area (Å²) < 4.78 is 0. The third-order valence-corrected chi connectivity index (χ3v) is 2.94. The van der Waals surface area contributed by atoms with E-state index < -0.39 is 11.9 Å². The molecule has 0 saturated heterocycles. The van der Waals surface area contributed by atoms with Gasteiger partial charge < -0.3 is 15.7 Å². The molecule has 0 aliphatic carbocycles. The predicted molar refractivity (Wildman–Crippen MR) is 91.4 cm³/mol. The Labute approximate surface area is 140 Å². The average Bonchev–Trinajstić information content (AvgIpc) is 2.61. The van der Waals surface area contributed by atoms with Crippen LogP contribution in [0.4, 0.5) is 0 Å². The minimum absolute atomic E-state index is 0.0743. The van der Waals surface area contributed by atoms with Crippen LogP contribution in [-0.2, 0) is 27.4 Å². The van der Waals surface area contributed by atoms with E-state index in [1.54, 1.807) is 18.2 Å². The largest absolute Gasteiger partial charge is 0.481 e. The Morgan fingerprint density at radius 2 is 1.58 bits per heavy atom. The summed E-state index contributed by atoms with van der Waals surface area (Å²) in [6.45, 7) is 0.493. The fraction of sp³-hybridized carbons (Fsp3) is 0.111. The zero-order chi connectivity index (χ0) is 17.8. The predicted octanol–water partition coefficient (Wildman–Crippen LogP) is 1.89. The summed E-state index contributed by atoms with van der Waals surface area (Å²) in [5.74, 6) is 3.27. The molecule has 2 aromatic carbocycles. The van der Waals surface area contributed by atoms with Crippen molar-refractivity contribution in [2.75, 3.05) is 0 Å². The number of nitrogens with two attached hydrogens (primary N) is 2. The first-order valence-electron chi connectivity index (χ1n) is 7.18. The van der Waals surface area contributed by atoms with Crippen LogP contribution in [0.1, 0.15) is 16.7 Å². The van der Waals surface area contributed by atoms with Crippen molar-refractivity contribution < 1.29 is 19.5 Å². The Morgan fingerprint density at radius 1 is 1.00 bits per heavy atom. The Morgan fingerprint density at radius 3 is 2.08 bits per heavy atom. The smallest absolute Gasteiger partial charge is 0.349 e. The summed E-state index contributed by atoms with van der Waals surface area (Å²) in [6, 6.07) is 16.7. The lowest BCUT2D eigenvalue weighted by Gasteiger charge is -1.98. The maximum absolute atomic E-state index is 10.6. The van der Waals surface area contributed by atoms with Crippen molar-refractivity contribution >= 4 is 18.0 Å². The summed E-state index contributed by atoms with van der Waals surface area (Å²) in [5.41, 5.74) is 8.14. The number of carboxylic acids is 1. The highest BCUT2D eigenvalue weighted by atomic mass is 16.7. The van der Waals surface area contributed by atoms with Crippen molar-refractivity contribution in [1.29, 1.82) is 0 Å². The van der Waals surface area contributed by atoms with E-state index in [0.717, 1.165) is 16.7 Å². The van der Waals surface area contributed by atoms with E-state index in [2.05, 4.69) is 10.7 Å². The maximum atomic E-state index is 10.6. The van der Waals surface area contributed by atoms with Gasteiger partial charge >= 0.3 is 11.9 Å². The second-order valence-corrected chi connectivity index (χ2v) is 4.77.